The topological polar surface area (TPSA) is 30.7 Å². The highest BCUT2D eigenvalue weighted by Gasteiger charge is 2.04. The Balaban J connectivity index is 2.07. The fraction of sp³-hybridized carbons (Fsp3) is 0.273. The lowest BCUT2D eigenvalue weighted by molar-refractivity contribution is 0.575. The van der Waals surface area contributed by atoms with Crippen LogP contribution in [0.15, 0.2) is 24.5 Å². The summed E-state index contributed by atoms with van der Waals surface area (Å²) in [5.74, 6) is -0.233. The average Bonchev–Trinajstić information content (AvgIpc) is 2.72. The zero-order valence-corrected chi connectivity index (χ0v) is 9.66. The van der Waals surface area contributed by atoms with Crippen molar-refractivity contribution in [2.24, 2.45) is 0 Å². The largest absolute Gasteiger partial charge is 0.316 e. The van der Waals surface area contributed by atoms with E-state index in [-0.39, 0.29) is 5.88 Å². The van der Waals surface area contributed by atoms with Gasteiger partial charge in [0.1, 0.15) is 23.8 Å². The third-order valence-corrected chi connectivity index (χ3v) is 2.62. The number of nitrogens with zero attached hydrogens (tertiary/aromatic N) is 3. The molecule has 0 atom stereocenters. The molecule has 0 aliphatic rings. The first-order chi connectivity index (χ1) is 8.19. The highest BCUT2D eigenvalue weighted by atomic mass is 35.5. The van der Waals surface area contributed by atoms with Gasteiger partial charge in [-0.25, -0.2) is 8.78 Å². The number of alkyl halides is 1. The Bertz CT molecular complexity index is 493. The first-order valence-corrected chi connectivity index (χ1v) is 5.60. The first-order valence-electron chi connectivity index (χ1n) is 5.06. The summed E-state index contributed by atoms with van der Waals surface area (Å²) in [5.41, 5.74) is 0.594. The number of hydrogen-bond donors (Lipinski definition) is 0. The zero-order chi connectivity index (χ0) is 12.3. The van der Waals surface area contributed by atoms with Gasteiger partial charge in [-0.3, -0.25) is 0 Å². The summed E-state index contributed by atoms with van der Waals surface area (Å²) < 4.78 is 27.7. The molecule has 0 bridgehead atoms. The number of aryl methyl sites for hydroxylation is 2. The van der Waals surface area contributed by atoms with Crippen molar-refractivity contribution in [3.63, 3.8) is 0 Å². The van der Waals surface area contributed by atoms with Crippen LogP contribution in [0, 0.1) is 11.6 Å². The van der Waals surface area contributed by atoms with Crippen LogP contribution in [0.1, 0.15) is 11.4 Å². The standard InChI is InChI=1S/C11H10ClF2N3/c12-6-11-16-15-7-17(11)2-1-8-3-9(13)5-10(14)4-8/h3-5,7H,1-2,6H2. The van der Waals surface area contributed by atoms with Crippen LogP contribution in [0.5, 0.6) is 0 Å². The van der Waals surface area contributed by atoms with Crippen molar-refractivity contribution in [3.8, 4) is 0 Å². The van der Waals surface area contributed by atoms with Crippen molar-refractivity contribution >= 4 is 11.6 Å². The van der Waals surface area contributed by atoms with Gasteiger partial charge in [0, 0.05) is 12.6 Å². The molecule has 2 rings (SSSR count). The van der Waals surface area contributed by atoms with Crippen LogP contribution in [-0.4, -0.2) is 14.8 Å². The van der Waals surface area contributed by atoms with E-state index in [9.17, 15) is 8.78 Å². The van der Waals surface area contributed by atoms with Crippen LogP contribution in [0.2, 0.25) is 0 Å². The second kappa shape index (κ2) is 5.23. The molecule has 0 amide bonds. The molecule has 0 unspecified atom stereocenters. The Labute approximate surface area is 102 Å². The third kappa shape index (κ3) is 3.00. The molecule has 0 fully saturated rings. The molecule has 17 heavy (non-hydrogen) atoms. The van der Waals surface area contributed by atoms with Crippen LogP contribution in [0.25, 0.3) is 0 Å². The van der Waals surface area contributed by atoms with Crippen LogP contribution in [-0.2, 0) is 18.8 Å². The summed E-state index contributed by atoms with van der Waals surface area (Å²) in [7, 11) is 0. The Morgan fingerprint density at radius 2 is 1.88 bits per heavy atom. The van der Waals surface area contributed by atoms with Gasteiger partial charge in [0.25, 0.3) is 0 Å². The molecular weight excluding hydrogens is 248 g/mol. The second-order valence-corrected chi connectivity index (χ2v) is 3.87. The Hall–Kier alpha value is -1.49. The maximum absolute atomic E-state index is 12.9. The predicted octanol–water partition coefficient (Wildman–Crippen LogP) is 2.54. The van der Waals surface area contributed by atoms with Crippen molar-refractivity contribution in [2.75, 3.05) is 0 Å². The molecule has 3 nitrogen and oxygen atoms in total. The summed E-state index contributed by atoms with van der Waals surface area (Å²) >= 11 is 5.66. The lowest BCUT2D eigenvalue weighted by Gasteiger charge is -2.05. The predicted molar refractivity (Wildman–Crippen MR) is 59.6 cm³/mol. The first kappa shape index (κ1) is 12.0. The molecule has 1 aromatic carbocycles. The Morgan fingerprint density at radius 3 is 2.53 bits per heavy atom. The zero-order valence-electron chi connectivity index (χ0n) is 8.91. The van der Waals surface area contributed by atoms with Crippen LogP contribution in [0.3, 0.4) is 0 Å². The van der Waals surface area contributed by atoms with Crippen molar-refractivity contribution < 1.29 is 8.78 Å². The summed E-state index contributed by atoms with van der Waals surface area (Å²) in [6.45, 7) is 0.540. The third-order valence-electron chi connectivity index (χ3n) is 2.38. The fourth-order valence-corrected chi connectivity index (χ4v) is 1.78. The van der Waals surface area contributed by atoms with Gasteiger partial charge in [0.2, 0.25) is 0 Å². The van der Waals surface area contributed by atoms with Gasteiger partial charge in [-0.1, -0.05) is 0 Å². The monoisotopic (exact) mass is 257 g/mol. The van der Waals surface area contributed by atoms with Gasteiger partial charge in [0.15, 0.2) is 0 Å². The van der Waals surface area contributed by atoms with Gasteiger partial charge in [-0.05, 0) is 24.1 Å². The smallest absolute Gasteiger partial charge is 0.147 e. The van der Waals surface area contributed by atoms with Gasteiger partial charge >= 0.3 is 0 Å². The number of hydrogen-bond acceptors (Lipinski definition) is 2. The quantitative estimate of drug-likeness (QED) is 0.788. The van der Waals surface area contributed by atoms with Crippen molar-refractivity contribution in [2.45, 2.75) is 18.8 Å². The van der Waals surface area contributed by atoms with E-state index in [1.165, 1.54) is 12.1 Å². The minimum Gasteiger partial charge on any atom is -0.316 e. The van der Waals surface area contributed by atoms with E-state index >= 15 is 0 Å². The van der Waals surface area contributed by atoms with Crippen LogP contribution >= 0.6 is 11.6 Å². The molecule has 0 N–H and O–H groups in total. The summed E-state index contributed by atoms with van der Waals surface area (Å²) in [5, 5.41) is 7.54. The maximum Gasteiger partial charge on any atom is 0.147 e. The lowest BCUT2D eigenvalue weighted by atomic mass is 10.1. The highest BCUT2D eigenvalue weighted by Crippen LogP contribution is 2.10. The molecule has 0 radical (unpaired) electrons. The van der Waals surface area contributed by atoms with E-state index in [4.69, 9.17) is 11.6 Å². The fourth-order valence-electron chi connectivity index (χ4n) is 1.57. The van der Waals surface area contributed by atoms with Gasteiger partial charge < -0.3 is 4.57 Å². The number of benzene rings is 1. The Kier molecular flexibility index (Phi) is 3.68. The van der Waals surface area contributed by atoms with E-state index in [0.717, 1.165) is 6.07 Å². The minimum atomic E-state index is -0.568. The summed E-state index contributed by atoms with van der Waals surface area (Å²) in [6, 6.07) is 3.48. The van der Waals surface area contributed by atoms with Crippen LogP contribution in [0.4, 0.5) is 8.78 Å². The molecule has 0 aliphatic carbocycles. The highest BCUT2D eigenvalue weighted by molar-refractivity contribution is 6.16. The number of aromatic nitrogens is 3. The van der Waals surface area contributed by atoms with Gasteiger partial charge in [0.05, 0.1) is 5.88 Å². The van der Waals surface area contributed by atoms with Crippen molar-refractivity contribution in [1.29, 1.82) is 0 Å². The van der Waals surface area contributed by atoms with Gasteiger partial charge in [-0.15, -0.1) is 21.8 Å². The van der Waals surface area contributed by atoms with E-state index in [1.807, 2.05) is 0 Å². The van der Waals surface area contributed by atoms with E-state index < -0.39 is 11.6 Å². The minimum absolute atomic E-state index is 0.261. The van der Waals surface area contributed by atoms with Gasteiger partial charge in [-0.2, -0.15) is 0 Å². The van der Waals surface area contributed by atoms with Crippen LogP contribution < -0.4 is 0 Å². The summed E-state index contributed by atoms with van der Waals surface area (Å²) in [6.07, 6.45) is 2.05. The molecular formula is C11H10ClF2N3. The summed E-state index contributed by atoms with van der Waals surface area (Å²) in [4.78, 5) is 0. The van der Waals surface area contributed by atoms with Crippen molar-refractivity contribution in [3.05, 3.63) is 47.5 Å². The molecule has 2 aromatic rings. The molecule has 1 aromatic heterocycles. The lowest BCUT2D eigenvalue weighted by Crippen LogP contribution is -2.04. The van der Waals surface area contributed by atoms with E-state index in [1.54, 1.807) is 10.9 Å². The molecule has 0 aliphatic heterocycles. The molecule has 0 saturated heterocycles. The normalized spacial score (nSPS) is 10.8. The average molecular weight is 258 g/mol. The molecule has 90 valence electrons. The Morgan fingerprint density at radius 1 is 1.18 bits per heavy atom. The SMILES string of the molecule is Fc1cc(F)cc(CCn2cnnc2CCl)c1. The number of rotatable bonds is 4. The molecule has 1 heterocycles. The molecule has 0 spiro atoms. The molecule has 0 saturated carbocycles. The van der Waals surface area contributed by atoms with E-state index in [0.29, 0.717) is 24.4 Å². The second-order valence-electron chi connectivity index (χ2n) is 3.60. The van der Waals surface area contributed by atoms with E-state index in [2.05, 4.69) is 10.2 Å². The van der Waals surface area contributed by atoms with Crippen molar-refractivity contribution in [1.82, 2.24) is 14.8 Å². The maximum atomic E-state index is 12.9. The molecule has 6 heteroatoms. The number of halogens is 3.